The topological polar surface area (TPSA) is 90.5 Å². The Bertz CT molecular complexity index is 712. The molecule has 7 heteroatoms. The number of piperidine rings is 1. The van der Waals surface area contributed by atoms with Gasteiger partial charge in [-0.25, -0.2) is 0 Å². The number of rotatable bonds is 6. The molecule has 0 aliphatic carbocycles. The molecule has 1 aliphatic heterocycles. The van der Waals surface area contributed by atoms with Crippen LogP contribution in [0.3, 0.4) is 0 Å². The van der Waals surface area contributed by atoms with E-state index in [4.69, 9.17) is 10.5 Å². The zero-order valence-corrected chi connectivity index (χ0v) is 14.0. The van der Waals surface area contributed by atoms with Crippen LogP contribution in [0.25, 0.3) is 0 Å². The molecule has 1 aromatic carbocycles. The smallest absolute Gasteiger partial charge is 0.255 e. The van der Waals surface area contributed by atoms with Crippen molar-refractivity contribution in [1.82, 2.24) is 14.7 Å². The molecule has 2 aromatic rings. The molecular weight excluding hydrogens is 320 g/mol. The highest BCUT2D eigenvalue weighted by atomic mass is 16.5. The van der Waals surface area contributed by atoms with Crippen LogP contribution in [0.15, 0.2) is 42.7 Å². The van der Waals surface area contributed by atoms with E-state index in [9.17, 15) is 9.59 Å². The van der Waals surface area contributed by atoms with Crippen LogP contribution < -0.4 is 10.5 Å². The summed E-state index contributed by atoms with van der Waals surface area (Å²) in [5, 5.41) is 4.25. The van der Waals surface area contributed by atoms with Gasteiger partial charge in [0.05, 0.1) is 12.6 Å². The molecule has 2 N–H and O–H groups in total. The highest BCUT2D eigenvalue weighted by Gasteiger charge is 2.27. The Balaban J connectivity index is 1.68. The zero-order chi connectivity index (χ0) is 17.6. The van der Waals surface area contributed by atoms with Crippen molar-refractivity contribution >= 4 is 11.8 Å². The minimum atomic E-state index is -0.532. The Kier molecular flexibility index (Phi) is 5.33. The van der Waals surface area contributed by atoms with Crippen LogP contribution in [-0.2, 0) is 11.3 Å². The fourth-order valence-electron chi connectivity index (χ4n) is 3.10. The van der Waals surface area contributed by atoms with E-state index in [2.05, 4.69) is 5.10 Å². The number of nitrogens with zero attached hydrogens (tertiary/aromatic N) is 3. The van der Waals surface area contributed by atoms with Crippen molar-refractivity contribution in [3.05, 3.63) is 48.3 Å². The summed E-state index contributed by atoms with van der Waals surface area (Å²) in [6.45, 7) is 1.29. The van der Waals surface area contributed by atoms with Crippen molar-refractivity contribution < 1.29 is 14.3 Å². The van der Waals surface area contributed by atoms with Gasteiger partial charge in [0.2, 0.25) is 0 Å². The average molecular weight is 342 g/mol. The van der Waals surface area contributed by atoms with Crippen LogP contribution in [-0.4, -0.2) is 45.7 Å². The maximum Gasteiger partial charge on any atom is 0.255 e. The van der Waals surface area contributed by atoms with Crippen molar-refractivity contribution in [1.29, 1.82) is 0 Å². The van der Waals surface area contributed by atoms with E-state index >= 15 is 0 Å². The van der Waals surface area contributed by atoms with Gasteiger partial charge >= 0.3 is 0 Å². The van der Waals surface area contributed by atoms with Crippen molar-refractivity contribution in [3.8, 4) is 5.75 Å². The number of carbonyl (C=O) groups excluding carboxylic acids is 2. The lowest BCUT2D eigenvalue weighted by Crippen LogP contribution is -2.45. The van der Waals surface area contributed by atoms with E-state index in [1.807, 2.05) is 21.8 Å². The number of hydrogen-bond acceptors (Lipinski definition) is 4. The Morgan fingerprint density at radius 2 is 2.04 bits per heavy atom. The van der Waals surface area contributed by atoms with Crippen molar-refractivity contribution in [2.24, 2.45) is 5.73 Å². The van der Waals surface area contributed by atoms with Gasteiger partial charge in [-0.15, -0.1) is 0 Å². The van der Waals surface area contributed by atoms with Gasteiger partial charge < -0.3 is 15.4 Å². The third kappa shape index (κ3) is 4.37. The first kappa shape index (κ1) is 17.0. The summed E-state index contributed by atoms with van der Waals surface area (Å²) in [7, 11) is 0. The fourth-order valence-corrected chi connectivity index (χ4v) is 3.10. The minimum Gasteiger partial charge on any atom is -0.484 e. The lowest BCUT2D eigenvalue weighted by Gasteiger charge is -2.35. The van der Waals surface area contributed by atoms with E-state index in [0.717, 1.165) is 25.8 Å². The molecule has 132 valence electrons. The summed E-state index contributed by atoms with van der Waals surface area (Å²) in [4.78, 5) is 25.6. The molecule has 2 amide bonds. The third-order valence-corrected chi connectivity index (χ3v) is 4.33. The monoisotopic (exact) mass is 342 g/mol. The predicted molar refractivity (Wildman–Crippen MR) is 92.0 cm³/mol. The number of likely N-dealkylation sites (tertiary alicyclic amines) is 1. The second-order valence-corrected chi connectivity index (χ2v) is 6.16. The second-order valence-electron chi connectivity index (χ2n) is 6.16. The summed E-state index contributed by atoms with van der Waals surface area (Å²) in [6.07, 6.45) is 6.78. The zero-order valence-electron chi connectivity index (χ0n) is 14.0. The van der Waals surface area contributed by atoms with Gasteiger partial charge in [-0.3, -0.25) is 14.3 Å². The van der Waals surface area contributed by atoms with Crippen molar-refractivity contribution in [2.75, 3.05) is 13.2 Å². The summed E-state index contributed by atoms with van der Waals surface area (Å²) in [6, 6.07) is 8.84. The Hall–Kier alpha value is -2.83. The first-order chi connectivity index (χ1) is 12.1. The molecular formula is C18H22N4O3. The van der Waals surface area contributed by atoms with E-state index in [1.165, 1.54) is 0 Å². The van der Waals surface area contributed by atoms with Crippen LogP contribution in [0.1, 0.15) is 29.6 Å². The molecule has 1 aromatic heterocycles. The van der Waals surface area contributed by atoms with Gasteiger partial charge in [-0.2, -0.15) is 5.10 Å². The summed E-state index contributed by atoms with van der Waals surface area (Å²) < 4.78 is 7.10. The lowest BCUT2D eigenvalue weighted by atomic mass is 10.0. The summed E-state index contributed by atoms with van der Waals surface area (Å²) >= 11 is 0. The van der Waals surface area contributed by atoms with Crippen molar-refractivity contribution in [3.63, 3.8) is 0 Å². The quantitative estimate of drug-likeness (QED) is 0.860. The number of amides is 2. The number of ether oxygens (including phenoxy) is 1. The third-order valence-electron chi connectivity index (χ3n) is 4.33. The van der Waals surface area contributed by atoms with Gasteiger partial charge in [0, 0.05) is 24.5 Å². The highest BCUT2D eigenvalue weighted by Crippen LogP contribution is 2.22. The van der Waals surface area contributed by atoms with E-state index < -0.39 is 5.91 Å². The van der Waals surface area contributed by atoms with E-state index in [1.54, 1.807) is 30.5 Å². The van der Waals surface area contributed by atoms with Crippen LogP contribution in [0.4, 0.5) is 0 Å². The van der Waals surface area contributed by atoms with Gasteiger partial charge in [-0.05, 0) is 49.6 Å². The molecule has 1 atom stereocenters. The highest BCUT2D eigenvalue weighted by molar-refractivity contribution is 5.94. The fraction of sp³-hybridized carbons (Fsp3) is 0.389. The van der Waals surface area contributed by atoms with Crippen LogP contribution in [0.2, 0.25) is 0 Å². The molecule has 3 rings (SSSR count). The molecule has 0 bridgehead atoms. The minimum absolute atomic E-state index is 0.0123. The number of benzene rings is 1. The first-order valence-corrected chi connectivity index (χ1v) is 8.43. The molecule has 1 unspecified atom stereocenters. The van der Waals surface area contributed by atoms with Gasteiger partial charge in [-0.1, -0.05) is 0 Å². The number of carbonyl (C=O) groups is 2. The van der Waals surface area contributed by atoms with E-state index in [-0.39, 0.29) is 18.6 Å². The molecule has 1 saturated heterocycles. The summed E-state index contributed by atoms with van der Waals surface area (Å²) in [5.41, 5.74) is 5.66. The van der Waals surface area contributed by atoms with Crippen LogP contribution >= 0.6 is 0 Å². The lowest BCUT2D eigenvalue weighted by molar-refractivity contribution is -0.119. The Morgan fingerprint density at radius 3 is 2.72 bits per heavy atom. The molecule has 0 radical (unpaired) electrons. The average Bonchev–Trinajstić information content (AvgIpc) is 3.13. The molecule has 25 heavy (non-hydrogen) atoms. The number of nitrogens with two attached hydrogens (primary N) is 1. The number of hydrogen-bond donors (Lipinski definition) is 1. The van der Waals surface area contributed by atoms with Crippen LogP contribution in [0.5, 0.6) is 5.75 Å². The SMILES string of the molecule is NC(=O)COc1ccc(C(=O)N2CCCCC2Cn2cccn2)cc1. The maximum atomic E-state index is 12.9. The van der Waals surface area contributed by atoms with Crippen LogP contribution in [0, 0.1) is 0 Å². The molecule has 7 nitrogen and oxygen atoms in total. The number of primary amides is 1. The molecule has 1 aliphatic rings. The molecule has 1 fully saturated rings. The maximum absolute atomic E-state index is 12.9. The standard InChI is InChI=1S/C18H22N4O3/c19-17(23)13-25-16-7-5-14(6-8-16)18(24)22-11-2-1-4-15(22)12-21-10-3-9-20-21/h3,5-10,15H,1-2,4,11-13H2,(H2,19,23). The molecule has 0 spiro atoms. The van der Waals surface area contributed by atoms with Gasteiger partial charge in [0.25, 0.3) is 11.8 Å². The van der Waals surface area contributed by atoms with Crippen molar-refractivity contribution in [2.45, 2.75) is 31.8 Å². The first-order valence-electron chi connectivity index (χ1n) is 8.43. The number of aromatic nitrogens is 2. The summed E-state index contributed by atoms with van der Waals surface area (Å²) in [5.74, 6) is -0.00433. The predicted octanol–water partition coefficient (Wildman–Crippen LogP) is 1.44. The largest absolute Gasteiger partial charge is 0.484 e. The molecule has 2 heterocycles. The van der Waals surface area contributed by atoms with E-state index in [0.29, 0.717) is 17.9 Å². The Morgan fingerprint density at radius 1 is 1.24 bits per heavy atom. The Labute approximate surface area is 146 Å². The van der Waals surface area contributed by atoms with Gasteiger partial charge in [0.1, 0.15) is 5.75 Å². The van der Waals surface area contributed by atoms with Gasteiger partial charge in [0.15, 0.2) is 6.61 Å². The normalized spacial score (nSPS) is 17.3. The second kappa shape index (κ2) is 7.83. The molecule has 0 saturated carbocycles.